The predicted octanol–water partition coefficient (Wildman–Crippen LogP) is -0.854. The van der Waals surface area contributed by atoms with E-state index in [0.29, 0.717) is 0 Å². The third-order valence-corrected chi connectivity index (χ3v) is 3.55. The first-order valence-corrected chi connectivity index (χ1v) is 7.21. The van der Waals surface area contributed by atoms with Crippen LogP contribution in [0.25, 0.3) is 0 Å². The van der Waals surface area contributed by atoms with E-state index < -0.39 is 33.8 Å². The lowest BCUT2D eigenvalue weighted by atomic mass is 10.0. The summed E-state index contributed by atoms with van der Waals surface area (Å²) < 4.78 is 22.0. The minimum absolute atomic E-state index is 0.130. The number of aliphatic carboxylic acids is 1. The topological polar surface area (TPSA) is 104 Å². The molecule has 1 rings (SSSR count). The van der Waals surface area contributed by atoms with Crippen molar-refractivity contribution >= 4 is 21.8 Å². The average Bonchev–Trinajstić information content (AvgIpc) is 1.94. The van der Waals surface area contributed by atoms with Gasteiger partial charge in [-0.15, -0.1) is 0 Å². The number of carbonyl (C=O) groups is 2. The first-order valence-electron chi connectivity index (χ1n) is 5.15. The highest BCUT2D eigenvalue weighted by molar-refractivity contribution is 7.90. The number of nitrogens with zero attached hydrogens (tertiary/aromatic N) is 1. The van der Waals surface area contributed by atoms with Crippen LogP contribution in [0.1, 0.15) is 6.92 Å². The normalized spacial score (nSPS) is 18.4. The van der Waals surface area contributed by atoms with Crippen LogP contribution < -0.4 is 5.32 Å². The maximum Gasteiger partial charge on any atom is 0.317 e. The van der Waals surface area contributed by atoms with Gasteiger partial charge in [0.1, 0.15) is 9.84 Å². The molecule has 8 heteroatoms. The Bertz CT molecular complexity index is 413. The summed E-state index contributed by atoms with van der Waals surface area (Å²) in [6.07, 6.45) is 1.10. The standard InChI is InChI=1S/C9H16N2O5S/c1-6(5-17(2,15)16)10-9(14)11-3-7(4-11)8(12)13/h6-7H,3-5H2,1-2H3,(H,10,14)(H,12,13). The number of nitrogens with one attached hydrogen (secondary N) is 1. The van der Waals surface area contributed by atoms with Gasteiger partial charge in [-0.3, -0.25) is 4.79 Å². The molecule has 7 nitrogen and oxygen atoms in total. The smallest absolute Gasteiger partial charge is 0.317 e. The second-order valence-corrected chi connectivity index (χ2v) is 6.57. The van der Waals surface area contributed by atoms with Gasteiger partial charge in [-0.2, -0.15) is 0 Å². The summed E-state index contributed by atoms with van der Waals surface area (Å²) in [5.74, 6) is -1.56. The van der Waals surface area contributed by atoms with Crippen molar-refractivity contribution < 1.29 is 23.1 Å². The first-order chi connectivity index (χ1) is 7.69. The van der Waals surface area contributed by atoms with Crippen molar-refractivity contribution in [3.05, 3.63) is 0 Å². The van der Waals surface area contributed by atoms with E-state index in [-0.39, 0.29) is 18.8 Å². The minimum Gasteiger partial charge on any atom is -0.481 e. The summed E-state index contributed by atoms with van der Waals surface area (Å²) in [6, 6.07) is -0.903. The largest absolute Gasteiger partial charge is 0.481 e. The van der Waals surface area contributed by atoms with Gasteiger partial charge in [-0.1, -0.05) is 0 Å². The maximum atomic E-state index is 11.5. The van der Waals surface area contributed by atoms with Gasteiger partial charge in [0, 0.05) is 25.4 Å². The monoisotopic (exact) mass is 264 g/mol. The van der Waals surface area contributed by atoms with Gasteiger partial charge in [0.15, 0.2) is 0 Å². The fourth-order valence-corrected chi connectivity index (χ4v) is 2.59. The Labute approximate surface area is 99.7 Å². The number of hydrogen-bond donors (Lipinski definition) is 2. The van der Waals surface area contributed by atoms with Crippen LogP contribution in [0.4, 0.5) is 4.79 Å². The Morgan fingerprint density at radius 1 is 1.47 bits per heavy atom. The van der Waals surface area contributed by atoms with Crippen molar-refractivity contribution in [2.24, 2.45) is 5.92 Å². The zero-order valence-electron chi connectivity index (χ0n) is 9.71. The SMILES string of the molecule is CC(CS(C)(=O)=O)NC(=O)N1CC(C(=O)O)C1. The molecule has 0 bridgehead atoms. The number of carbonyl (C=O) groups excluding carboxylic acids is 1. The molecule has 1 unspecified atom stereocenters. The van der Waals surface area contributed by atoms with Gasteiger partial charge < -0.3 is 15.3 Å². The molecule has 1 heterocycles. The number of carboxylic acid groups (broad SMARTS) is 1. The number of rotatable bonds is 4. The number of amides is 2. The molecule has 1 aliphatic heterocycles. The molecule has 0 radical (unpaired) electrons. The van der Waals surface area contributed by atoms with Crippen molar-refractivity contribution in [1.82, 2.24) is 10.2 Å². The Hall–Kier alpha value is -1.31. The van der Waals surface area contributed by atoms with E-state index in [1.165, 1.54) is 4.90 Å². The lowest BCUT2D eigenvalue weighted by molar-refractivity contribution is -0.146. The van der Waals surface area contributed by atoms with Crippen molar-refractivity contribution in [1.29, 1.82) is 0 Å². The number of urea groups is 1. The molecule has 17 heavy (non-hydrogen) atoms. The van der Waals surface area contributed by atoms with Gasteiger partial charge in [-0.25, -0.2) is 13.2 Å². The number of carboxylic acids is 1. The molecular weight excluding hydrogens is 248 g/mol. The van der Waals surface area contributed by atoms with E-state index >= 15 is 0 Å². The zero-order valence-corrected chi connectivity index (χ0v) is 10.5. The second-order valence-electron chi connectivity index (χ2n) is 4.38. The minimum atomic E-state index is -3.13. The van der Waals surface area contributed by atoms with Crippen molar-refractivity contribution in [3.63, 3.8) is 0 Å². The Kier molecular flexibility index (Phi) is 3.97. The molecule has 0 aromatic heterocycles. The second kappa shape index (κ2) is 4.91. The van der Waals surface area contributed by atoms with Crippen LogP contribution in [0, 0.1) is 5.92 Å². The van der Waals surface area contributed by atoms with Crippen LogP contribution in [0.15, 0.2) is 0 Å². The molecule has 2 N–H and O–H groups in total. The molecule has 0 spiro atoms. The molecule has 1 fully saturated rings. The lowest BCUT2D eigenvalue weighted by Crippen LogP contribution is -2.57. The number of sulfone groups is 1. The summed E-state index contributed by atoms with van der Waals surface area (Å²) in [5.41, 5.74) is 0. The van der Waals surface area contributed by atoms with Gasteiger partial charge in [0.05, 0.1) is 11.7 Å². The summed E-state index contributed by atoms with van der Waals surface area (Å²) in [7, 11) is -3.13. The van der Waals surface area contributed by atoms with Gasteiger partial charge in [-0.05, 0) is 6.92 Å². The van der Waals surface area contributed by atoms with Gasteiger partial charge in [0.2, 0.25) is 0 Å². The fourth-order valence-electron chi connectivity index (χ4n) is 1.60. The van der Waals surface area contributed by atoms with E-state index in [4.69, 9.17) is 5.11 Å². The molecule has 0 saturated carbocycles. The van der Waals surface area contributed by atoms with E-state index in [0.717, 1.165) is 6.26 Å². The van der Waals surface area contributed by atoms with Crippen LogP contribution in [0.5, 0.6) is 0 Å². The molecule has 1 atom stereocenters. The third kappa shape index (κ3) is 4.22. The molecule has 0 aliphatic carbocycles. The Morgan fingerprint density at radius 2 is 2.00 bits per heavy atom. The van der Waals surface area contributed by atoms with Crippen LogP contribution >= 0.6 is 0 Å². The molecule has 0 aromatic rings. The highest BCUT2D eigenvalue weighted by atomic mass is 32.2. The Balaban J connectivity index is 2.34. The molecule has 98 valence electrons. The van der Waals surface area contributed by atoms with E-state index in [1.54, 1.807) is 6.92 Å². The summed E-state index contributed by atoms with van der Waals surface area (Å²) in [4.78, 5) is 23.4. The van der Waals surface area contributed by atoms with E-state index in [1.807, 2.05) is 0 Å². The zero-order chi connectivity index (χ0) is 13.2. The van der Waals surface area contributed by atoms with E-state index in [2.05, 4.69) is 5.32 Å². The van der Waals surface area contributed by atoms with Gasteiger partial charge >= 0.3 is 12.0 Å². The van der Waals surface area contributed by atoms with Crippen LogP contribution in [-0.4, -0.2) is 61.6 Å². The Morgan fingerprint density at radius 3 is 2.41 bits per heavy atom. The van der Waals surface area contributed by atoms with Crippen molar-refractivity contribution in [2.45, 2.75) is 13.0 Å². The van der Waals surface area contributed by atoms with E-state index in [9.17, 15) is 18.0 Å². The van der Waals surface area contributed by atoms with Crippen LogP contribution in [-0.2, 0) is 14.6 Å². The molecule has 2 amide bonds. The van der Waals surface area contributed by atoms with Crippen LogP contribution in [0.2, 0.25) is 0 Å². The first kappa shape index (κ1) is 13.8. The molecule has 1 saturated heterocycles. The average molecular weight is 264 g/mol. The number of hydrogen-bond acceptors (Lipinski definition) is 4. The van der Waals surface area contributed by atoms with Gasteiger partial charge in [0.25, 0.3) is 0 Å². The van der Waals surface area contributed by atoms with Crippen molar-refractivity contribution in [3.8, 4) is 0 Å². The molecule has 0 aromatic carbocycles. The fraction of sp³-hybridized carbons (Fsp3) is 0.778. The van der Waals surface area contributed by atoms with Crippen LogP contribution in [0.3, 0.4) is 0 Å². The quantitative estimate of drug-likeness (QED) is 0.688. The third-order valence-electron chi connectivity index (χ3n) is 2.44. The summed E-state index contributed by atoms with van der Waals surface area (Å²) in [5, 5.41) is 11.1. The summed E-state index contributed by atoms with van der Waals surface area (Å²) in [6.45, 7) is 1.94. The molecule has 1 aliphatic rings. The predicted molar refractivity (Wildman–Crippen MR) is 60.4 cm³/mol. The van der Waals surface area contributed by atoms with Crippen molar-refractivity contribution in [2.75, 3.05) is 25.1 Å². The number of likely N-dealkylation sites (tertiary alicyclic amines) is 1. The highest BCUT2D eigenvalue weighted by Gasteiger charge is 2.35. The highest BCUT2D eigenvalue weighted by Crippen LogP contribution is 2.15. The maximum absolute atomic E-state index is 11.5. The summed E-state index contributed by atoms with van der Waals surface area (Å²) >= 11 is 0. The lowest BCUT2D eigenvalue weighted by Gasteiger charge is -2.37. The molecular formula is C9H16N2O5S.